The van der Waals surface area contributed by atoms with Crippen molar-refractivity contribution >= 4 is 12.6 Å². The minimum atomic E-state index is -0.422. The molecule has 1 aliphatic rings. The number of aromatic nitrogens is 2. The molecule has 1 aliphatic heterocycles. The van der Waals surface area contributed by atoms with Crippen LogP contribution in [0.25, 0.3) is 0 Å². The first-order chi connectivity index (χ1) is 11.2. The Kier molecular flexibility index (Phi) is 4.30. The number of hydrogen-bond donors (Lipinski definition) is 0. The highest BCUT2D eigenvalue weighted by Gasteiger charge is 2.52. The molecular weight excluding hydrogens is 306 g/mol. The van der Waals surface area contributed by atoms with Crippen molar-refractivity contribution in [3.63, 3.8) is 0 Å². The van der Waals surface area contributed by atoms with Gasteiger partial charge in [0.15, 0.2) is 0 Å². The van der Waals surface area contributed by atoms with Crippen molar-refractivity contribution in [2.24, 2.45) is 0 Å². The van der Waals surface area contributed by atoms with E-state index in [1.54, 1.807) is 18.3 Å². The molecule has 0 bridgehead atoms. The second-order valence-corrected chi connectivity index (χ2v) is 7.32. The molecule has 1 aromatic heterocycles. The first-order valence-electron chi connectivity index (χ1n) is 8.38. The predicted octanol–water partition coefficient (Wildman–Crippen LogP) is 3.32. The molecule has 1 saturated heterocycles. The summed E-state index contributed by atoms with van der Waals surface area (Å²) in [5.74, 6) is -0.230. The topological polar surface area (TPSA) is 36.3 Å². The standard InChI is InChI=1S/C18H24BFN2O2/c1-6-16(13-7-9-15(20)10-8-13)22-12-14(11-21-22)19-23-17(2,3)18(4,5)24-19/h7-12,16H,6H2,1-5H3/t16-/m0/s1. The monoisotopic (exact) mass is 330 g/mol. The molecule has 0 saturated carbocycles. The van der Waals surface area contributed by atoms with Crippen LogP contribution in [0.1, 0.15) is 52.6 Å². The first kappa shape index (κ1) is 17.2. The van der Waals surface area contributed by atoms with Gasteiger partial charge >= 0.3 is 7.12 Å². The lowest BCUT2D eigenvalue weighted by atomic mass is 9.82. The summed E-state index contributed by atoms with van der Waals surface area (Å²) in [5.41, 5.74) is 1.18. The average molecular weight is 330 g/mol. The van der Waals surface area contributed by atoms with Gasteiger partial charge in [-0.2, -0.15) is 5.10 Å². The molecule has 1 atom stereocenters. The van der Waals surface area contributed by atoms with Gasteiger partial charge in [-0.15, -0.1) is 0 Å². The van der Waals surface area contributed by atoms with Crippen molar-refractivity contribution in [2.45, 2.75) is 58.3 Å². The van der Waals surface area contributed by atoms with Crippen molar-refractivity contribution in [3.8, 4) is 0 Å². The Hall–Kier alpha value is -1.66. The van der Waals surface area contributed by atoms with E-state index in [0.717, 1.165) is 17.4 Å². The van der Waals surface area contributed by atoms with Crippen LogP contribution in [0.3, 0.4) is 0 Å². The van der Waals surface area contributed by atoms with Gasteiger partial charge in [0.2, 0.25) is 0 Å². The fraction of sp³-hybridized carbons (Fsp3) is 0.500. The van der Waals surface area contributed by atoms with Crippen molar-refractivity contribution in [1.29, 1.82) is 0 Å². The summed E-state index contributed by atoms with van der Waals surface area (Å²) >= 11 is 0. The second kappa shape index (κ2) is 6.01. The SMILES string of the molecule is CC[C@@H](c1ccc(F)cc1)n1cc(B2OC(C)(C)C(C)(C)O2)cn1. The molecule has 0 unspecified atom stereocenters. The maximum atomic E-state index is 13.2. The van der Waals surface area contributed by atoms with Crippen molar-refractivity contribution in [1.82, 2.24) is 9.78 Å². The summed E-state index contributed by atoms with van der Waals surface area (Å²) in [7, 11) is -0.422. The first-order valence-corrected chi connectivity index (χ1v) is 8.38. The van der Waals surface area contributed by atoms with Crippen LogP contribution in [0.2, 0.25) is 0 Å². The van der Waals surface area contributed by atoms with Gasteiger partial charge in [-0.1, -0.05) is 19.1 Å². The zero-order valence-electron chi connectivity index (χ0n) is 14.9. The third-order valence-electron chi connectivity index (χ3n) is 5.11. The van der Waals surface area contributed by atoms with E-state index in [0.29, 0.717) is 0 Å². The number of rotatable bonds is 4. The van der Waals surface area contributed by atoms with E-state index >= 15 is 0 Å². The molecule has 1 aromatic carbocycles. The third kappa shape index (κ3) is 3.00. The van der Waals surface area contributed by atoms with Gasteiger partial charge in [-0.05, 0) is 51.8 Å². The zero-order chi connectivity index (χ0) is 17.5. The highest BCUT2D eigenvalue weighted by Crippen LogP contribution is 2.36. The lowest BCUT2D eigenvalue weighted by Gasteiger charge is -2.32. The van der Waals surface area contributed by atoms with Crippen LogP contribution in [-0.4, -0.2) is 28.1 Å². The summed E-state index contributed by atoms with van der Waals surface area (Å²) < 4.78 is 27.2. The molecule has 0 aliphatic carbocycles. The Balaban J connectivity index is 1.84. The van der Waals surface area contributed by atoms with Crippen LogP contribution in [0.15, 0.2) is 36.7 Å². The molecule has 2 aromatic rings. The quantitative estimate of drug-likeness (QED) is 0.807. The Morgan fingerprint density at radius 2 is 1.71 bits per heavy atom. The molecule has 4 nitrogen and oxygen atoms in total. The molecule has 6 heteroatoms. The van der Waals surface area contributed by atoms with Crippen LogP contribution < -0.4 is 5.46 Å². The van der Waals surface area contributed by atoms with E-state index in [1.807, 2.05) is 38.6 Å². The molecule has 24 heavy (non-hydrogen) atoms. The molecule has 128 valence electrons. The van der Waals surface area contributed by atoms with E-state index in [-0.39, 0.29) is 23.1 Å². The Morgan fingerprint density at radius 1 is 1.12 bits per heavy atom. The molecule has 0 N–H and O–H groups in total. The summed E-state index contributed by atoms with van der Waals surface area (Å²) in [6.45, 7) is 10.2. The number of benzene rings is 1. The lowest BCUT2D eigenvalue weighted by molar-refractivity contribution is 0.00578. The van der Waals surface area contributed by atoms with Crippen molar-refractivity contribution < 1.29 is 13.7 Å². The maximum Gasteiger partial charge on any atom is 0.498 e. The maximum absolute atomic E-state index is 13.2. The van der Waals surface area contributed by atoms with E-state index < -0.39 is 7.12 Å². The van der Waals surface area contributed by atoms with Gasteiger partial charge in [0.05, 0.1) is 17.2 Å². The molecular formula is C18H24BFN2O2. The van der Waals surface area contributed by atoms with Crippen LogP contribution in [0, 0.1) is 5.82 Å². The summed E-state index contributed by atoms with van der Waals surface area (Å²) in [5, 5.41) is 4.49. The highest BCUT2D eigenvalue weighted by molar-refractivity contribution is 6.62. The van der Waals surface area contributed by atoms with Crippen molar-refractivity contribution in [3.05, 3.63) is 48.0 Å². The fourth-order valence-electron chi connectivity index (χ4n) is 2.88. The highest BCUT2D eigenvalue weighted by atomic mass is 19.1. The molecule has 0 spiro atoms. The summed E-state index contributed by atoms with van der Waals surface area (Å²) in [6, 6.07) is 6.63. The molecule has 1 fully saturated rings. The normalized spacial score (nSPS) is 20.3. The number of nitrogens with zero attached hydrogens (tertiary/aromatic N) is 2. The van der Waals surface area contributed by atoms with E-state index in [2.05, 4.69) is 12.0 Å². The van der Waals surface area contributed by atoms with Gasteiger partial charge in [0.25, 0.3) is 0 Å². The minimum absolute atomic E-state index is 0.0572. The van der Waals surface area contributed by atoms with Crippen LogP contribution >= 0.6 is 0 Å². The Morgan fingerprint density at radius 3 is 2.25 bits per heavy atom. The fourth-order valence-corrected chi connectivity index (χ4v) is 2.88. The van der Waals surface area contributed by atoms with E-state index in [9.17, 15) is 4.39 Å². The van der Waals surface area contributed by atoms with Gasteiger partial charge in [0, 0.05) is 17.9 Å². The zero-order valence-corrected chi connectivity index (χ0v) is 14.9. The number of hydrogen-bond acceptors (Lipinski definition) is 3. The Labute approximate surface area is 143 Å². The number of halogens is 1. The molecule has 0 amide bonds. The summed E-state index contributed by atoms with van der Waals surface area (Å²) in [4.78, 5) is 0. The minimum Gasteiger partial charge on any atom is -0.399 e. The summed E-state index contributed by atoms with van der Waals surface area (Å²) in [6.07, 6.45) is 4.60. The van der Waals surface area contributed by atoms with Gasteiger partial charge in [-0.25, -0.2) is 4.39 Å². The molecule has 2 heterocycles. The third-order valence-corrected chi connectivity index (χ3v) is 5.11. The van der Waals surface area contributed by atoms with Gasteiger partial charge in [-0.3, -0.25) is 4.68 Å². The Bertz CT molecular complexity index is 696. The average Bonchev–Trinajstić information content (AvgIpc) is 3.05. The van der Waals surface area contributed by atoms with Crippen molar-refractivity contribution in [2.75, 3.05) is 0 Å². The van der Waals surface area contributed by atoms with E-state index in [4.69, 9.17) is 9.31 Å². The van der Waals surface area contributed by atoms with Gasteiger partial charge < -0.3 is 9.31 Å². The molecule has 3 rings (SSSR count). The van der Waals surface area contributed by atoms with Gasteiger partial charge in [0.1, 0.15) is 5.82 Å². The smallest absolute Gasteiger partial charge is 0.399 e. The second-order valence-electron chi connectivity index (χ2n) is 7.32. The van der Waals surface area contributed by atoms with Crippen LogP contribution in [0.5, 0.6) is 0 Å². The van der Waals surface area contributed by atoms with Crippen LogP contribution in [0.4, 0.5) is 4.39 Å². The lowest BCUT2D eigenvalue weighted by Crippen LogP contribution is -2.41. The largest absolute Gasteiger partial charge is 0.498 e. The van der Waals surface area contributed by atoms with E-state index in [1.165, 1.54) is 12.1 Å². The molecule has 0 radical (unpaired) electrons. The van der Waals surface area contributed by atoms with Crippen LogP contribution in [-0.2, 0) is 9.31 Å². The predicted molar refractivity (Wildman–Crippen MR) is 92.8 cm³/mol.